The van der Waals surface area contributed by atoms with Crippen LogP contribution in [0, 0.1) is 11.3 Å². The lowest BCUT2D eigenvalue weighted by Crippen LogP contribution is -2.37. The molecule has 78 valence electrons. The third-order valence-electron chi connectivity index (χ3n) is 3.17. The van der Waals surface area contributed by atoms with Gasteiger partial charge in [-0.3, -0.25) is 4.79 Å². The van der Waals surface area contributed by atoms with Crippen LogP contribution in [0.5, 0.6) is 0 Å². The van der Waals surface area contributed by atoms with E-state index in [1.807, 2.05) is 26.8 Å². The van der Waals surface area contributed by atoms with Gasteiger partial charge in [0.15, 0.2) is 5.78 Å². The van der Waals surface area contributed by atoms with Crippen LogP contribution >= 0.6 is 0 Å². The SMILES string of the molecule is C=C(CO)C1CC=C(C)C(=O)C1(C)C. The average molecular weight is 194 g/mol. The van der Waals surface area contributed by atoms with Crippen LogP contribution < -0.4 is 0 Å². The van der Waals surface area contributed by atoms with Crippen molar-refractivity contribution >= 4 is 5.78 Å². The lowest BCUT2D eigenvalue weighted by atomic mass is 9.66. The molecule has 0 aromatic rings. The van der Waals surface area contributed by atoms with Crippen molar-refractivity contribution in [3.8, 4) is 0 Å². The maximum atomic E-state index is 11.9. The summed E-state index contributed by atoms with van der Waals surface area (Å²) < 4.78 is 0. The van der Waals surface area contributed by atoms with Crippen LogP contribution in [0.1, 0.15) is 27.2 Å². The van der Waals surface area contributed by atoms with Crippen molar-refractivity contribution in [2.24, 2.45) is 11.3 Å². The maximum Gasteiger partial charge on any atom is 0.164 e. The van der Waals surface area contributed by atoms with Crippen molar-refractivity contribution in [3.63, 3.8) is 0 Å². The Morgan fingerprint density at radius 2 is 2.29 bits per heavy atom. The van der Waals surface area contributed by atoms with Crippen molar-refractivity contribution in [2.75, 3.05) is 6.61 Å². The van der Waals surface area contributed by atoms with Crippen LogP contribution in [-0.4, -0.2) is 17.5 Å². The summed E-state index contributed by atoms with van der Waals surface area (Å²) in [5.41, 5.74) is 1.17. The molecule has 1 aliphatic carbocycles. The number of hydrogen-bond donors (Lipinski definition) is 1. The van der Waals surface area contributed by atoms with Gasteiger partial charge < -0.3 is 5.11 Å². The highest BCUT2D eigenvalue weighted by Gasteiger charge is 2.40. The Morgan fingerprint density at radius 3 is 2.79 bits per heavy atom. The number of Topliss-reactive ketones (excluding diaryl/α,β-unsaturated/α-hetero) is 1. The van der Waals surface area contributed by atoms with Crippen molar-refractivity contribution in [2.45, 2.75) is 27.2 Å². The lowest BCUT2D eigenvalue weighted by Gasteiger charge is -2.37. The fourth-order valence-corrected chi connectivity index (χ4v) is 2.14. The van der Waals surface area contributed by atoms with E-state index < -0.39 is 5.41 Å². The van der Waals surface area contributed by atoms with E-state index in [1.54, 1.807) is 0 Å². The van der Waals surface area contributed by atoms with Gasteiger partial charge in [-0.25, -0.2) is 0 Å². The predicted molar refractivity (Wildman–Crippen MR) is 56.9 cm³/mol. The highest BCUT2D eigenvalue weighted by molar-refractivity contribution is 6.00. The molecule has 0 amide bonds. The monoisotopic (exact) mass is 194 g/mol. The van der Waals surface area contributed by atoms with Crippen LogP contribution in [0.4, 0.5) is 0 Å². The summed E-state index contributed by atoms with van der Waals surface area (Å²) in [6, 6.07) is 0. The number of ketones is 1. The second-order valence-electron chi connectivity index (χ2n) is 4.54. The number of carbonyl (C=O) groups is 1. The molecule has 0 aliphatic heterocycles. The Bertz CT molecular complexity index is 297. The summed E-state index contributed by atoms with van der Waals surface area (Å²) in [5, 5.41) is 9.04. The Hall–Kier alpha value is -0.890. The molecule has 2 nitrogen and oxygen atoms in total. The molecule has 1 rings (SSSR count). The van der Waals surface area contributed by atoms with Crippen molar-refractivity contribution < 1.29 is 9.90 Å². The third kappa shape index (κ3) is 1.67. The van der Waals surface area contributed by atoms with Crippen molar-refractivity contribution in [3.05, 3.63) is 23.8 Å². The lowest BCUT2D eigenvalue weighted by molar-refractivity contribution is -0.125. The van der Waals surface area contributed by atoms with Gasteiger partial charge in [0, 0.05) is 5.41 Å². The van der Waals surface area contributed by atoms with Crippen molar-refractivity contribution in [1.82, 2.24) is 0 Å². The first-order valence-corrected chi connectivity index (χ1v) is 4.91. The van der Waals surface area contributed by atoms with E-state index in [-0.39, 0.29) is 18.3 Å². The molecule has 2 heteroatoms. The number of aliphatic hydroxyl groups is 1. The quantitative estimate of drug-likeness (QED) is 0.683. The summed E-state index contributed by atoms with van der Waals surface area (Å²) in [4.78, 5) is 11.9. The van der Waals surface area contributed by atoms with E-state index in [0.29, 0.717) is 0 Å². The van der Waals surface area contributed by atoms with Gasteiger partial charge in [0.25, 0.3) is 0 Å². The first kappa shape index (κ1) is 11.2. The molecule has 0 heterocycles. The molecule has 0 saturated heterocycles. The van der Waals surface area contributed by atoms with Crippen LogP contribution in [0.25, 0.3) is 0 Å². The predicted octanol–water partition coefficient (Wildman–Crippen LogP) is 2.10. The molecule has 0 saturated carbocycles. The van der Waals surface area contributed by atoms with Gasteiger partial charge >= 0.3 is 0 Å². The topological polar surface area (TPSA) is 37.3 Å². The second-order valence-corrected chi connectivity index (χ2v) is 4.54. The molecule has 0 bridgehead atoms. The van der Waals surface area contributed by atoms with Crippen molar-refractivity contribution in [1.29, 1.82) is 0 Å². The van der Waals surface area contributed by atoms with Crippen LogP contribution in [0.2, 0.25) is 0 Å². The molecule has 0 radical (unpaired) electrons. The van der Waals surface area contributed by atoms with Gasteiger partial charge in [0.2, 0.25) is 0 Å². The first-order valence-electron chi connectivity index (χ1n) is 4.91. The van der Waals surface area contributed by atoms with Crippen LogP contribution in [0.3, 0.4) is 0 Å². The smallest absolute Gasteiger partial charge is 0.164 e. The number of carbonyl (C=O) groups excluding carboxylic acids is 1. The Balaban J connectivity index is 3.02. The Morgan fingerprint density at radius 1 is 1.71 bits per heavy atom. The van der Waals surface area contributed by atoms with Gasteiger partial charge in [-0.2, -0.15) is 0 Å². The molecule has 0 fully saturated rings. The van der Waals surface area contributed by atoms with E-state index in [4.69, 9.17) is 5.11 Å². The first-order chi connectivity index (χ1) is 6.41. The number of rotatable bonds is 2. The van der Waals surface area contributed by atoms with Gasteiger partial charge in [0.05, 0.1) is 6.61 Å². The Kier molecular flexibility index (Phi) is 2.95. The molecule has 0 aromatic carbocycles. The van der Waals surface area contributed by atoms with Gasteiger partial charge in [0.1, 0.15) is 0 Å². The molecule has 1 unspecified atom stereocenters. The van der Waals surface area contributed by atoms with Gasteiger partial charge in [-0.15, -0.1) is 0 Å². The van der Waals surface area contributed by atoms with Gasteiger partial charge in [-0.1, -0.05) is 26.5 Å². The molecular formula is C12H18O2. The van der Waals surface area contributed by atoms with E-state index in [9.17, 15) is 4.79 Å². The molecule has 1 N–H and O–H groups in total. The highest BCUT2D eigenvalue weighted by Crippen LogP contribution is 2.40. The average Bonchev–Trinajstić information content (AvgIpc) is 2.13. The minimum Gasteiger partial charge on any atom is -0.392 e. The normalized spacial score (nSPS) is 25.9. The molecule has 0 spiro atoms. The third-order valence-corrected chi connectivity index (χ3v) is 3.17. The molecular weight excluding hydrogens is 176 g/mol. The fourth-order valence-electron chi connectivity index (χ4n) is 2.14. The maximum absolute atomic E-state index is 11.9. The Labute approximate surface area is 85.3 Å². The summed E-state index contributed by atoms with van der Waals surface area (Å²) in [6.45, 7) is 9.49. The molecule has 1 atom stereocenters. The molecule has 1 aliphatic rings. The molecule has 14 heavy (non-hydrogen) atoms. The second kappa shape index (κ2) is 3.70. The highest BCUT2D eigenvalue weighted by atomic mass is 16.3. The summed E-state index contributed by atoms with van der Waals surface area (Å²) in [7, 11) is 0. The summed E-state index contributed by atoms with van der Waals surface area (Å²) >= 11 is 0. The number of aliphatic hydroxyl groups excluding tert-OH is 1. The van der Waals surface area contributed by atoms with E-state index in [0.717, 1.165) is 17.6 Å². The zero-order valence-corrected chi connectivity index (χ0v) is 9.13. The van der Waals surface area contributed by atoms with E-state index >= 15 is 0 Å². The molecule has 0 aromatic heterocycles. The minimum absolute atomic E-state index is 0.0335. The minimum atomic E-state index is -0.418. The van der Waals surface area contributed by atoms with Crippen LogP contribution in [-0.2, 0) is 4.79 Å². The van der Waals surface area contributed by atoms with E-state index in [1.165, 1.54) is 0 Å². The van der Waals surface area contributed by atoms with Gasteiger partial charge in [-0.05, 0) is 30.4 Å². The number of hydrogen-bond acceptors (Lipinski definition) is 2. The summed E-state index contributed by atoms with van der Waals surface area (Å²) in [6.07, 6.45) is 2.75. The zero-order valence-electron chi connectivity index (χ0n) is 9.13. The number of allylic oxidation sites excluding steroid dienone is 2. The van der Waals surface area contributed by atoms with E-state index in [2.05, 4.69) is 6.58 Å². The fraction of sp³-hybridized carbons (Fsp3) is 0.583. The summed E-state index contributed by atoms with van der Waals surface area (Å²) in [5.74, 6) is 0.243. The zero-order chi connectivity index (χ0) is 10.9. The van der Waals surface area contributed by atoms with Crippen LogP contribution in [0.15, 0.2) is 23.8 Å². The largest absolute Gasteiger partial charge is 0.392 e. The standard InChI is InChI=1S/C12H18O2/c1-8-5-6-10(9(2)7-13)12(3,4)11(8)14/h5,10,13H,2,6-7H2,1,3-4H3.